The van der Waals surface area contributed by atoms with E-state index in [1.165, 1.54) is 51.4 Å². The molecule has 1 aliphatic rings. The molecule has 1 saturated carbocycles. The summed E-state index contributed by atoms with van der Waals surface area (Å²) in [6.07, 6.45) is 10.5. The quantitative estimate of drug-likeness (QED) is 0.610. The highest BCUT2D eigenvalue weighted by molar-refractivity contribution is 4.85. The van der Waals surface area contributed by atoms with Crippen LogP contribution in [0.15, 0.2) is 0 Å². The van der Waals surface area contributed by atoms with E-state index in [1.807, 2.05) is 0 Å². The van der Waals surface area contributed by atoms with Gasteiger partial charge in [-0.3, -0.25) is 0 Å². The van der Waals surface area contributed by atoms with Gasteiger partial charge in [-0.15, -0.1) is 0 Å². The van der Waals surface area contributed by atoms with E-state index in [9.17, 15) is 0 Å². The summed E-state index contributed by atoms with van der Waals surface area (Å²) in [5.41, 5.74) is 6.48. The van der Waals surface area contributed by atoms with Crippen LogP contribution in [-0.4, -0.2) is 5.54 Å². The molecule has 1 heteroatoms. The Labute approximate surface area is 70.4 Å². The molecule has 1 fully saturated rings. The van der Waals surface area contributed by atoms with Crippen molar-refractivity contribution in [3.8, 4) is 0 Å². The second-order valence-corrected chi connectivity index (χ2v) is 4.03. The average molecular weight is 155 g/mol. The molecule has 0 bridgehead atoms. The summed E-state index contributed by atoms with van der Waals surface area (Å²) in [5, 5.41) is 0. The predicted molar refractivity (Wildman–Crippen MR) is 49.5 cm³/mol. The summed E-state index contributed by atoms with van der Waals surface area (Å²) < 4.78 is 0. The van der Waals surface area contributed by atoms with Crippen LogP contribution in [-0.2, 0) is 0 Å². The van der Waals surface area contributed by atoms with E-state index in [1.54, 1.807) is 0 Å². The van der Waals surface area contributed by atoms with Crippen molar-refractivity contribution >= 4 is 0 Å². The lowest BCUT2D eigenvalue weighted by Gasteiger charge is -2.27. The molecule has 0 aliphatic heterocycles. The molecule has 0 aromatic heterocycles. The van der Waals surface area contributed by atoms with Gasteiger partial charge in [-0.2, -0.15) is 0 Å². The summed E-state index contributed by atoms with van der Waals surface area (Å²) in [4.78, 5) is 0. The molecule has 1 rings (SSSR count). The van der Waals surface area contributed by atoms with Crippen molar-refractivity contribution in [3.05, 3.63) is 0 Å². The second kappa shape index (κ2) is 4.10. The van der Waals surface area contributed by atoms with Gasteiger partial charge >= 0.3 is 0 Å². The van der Waals surface area contributed by atoms with E-state index in [0.29, 0.717) is 0 Å². The Kier molecular flexibility index (Phi) is 3.38. The van der Waals surface area contributed by atoms with Crippen LogP contribution >= 0.6 is 0 Å². The molecule has 0 aromatic carbocycles. The second-order valence-electron chi connectivity index (χ2n) is 4.03. The maximum atomic E-state index is 6.27. The molecule has 0 saturated heterocycles. The van der Waals surface area contributed by atoms with E-state index in [0.717, 1.165) is 0 Å². The molecule has 1 nitrogen and oxygen atoms in total. The molecule has 0 heterocycles. The molecule has 0 unspecified atom stereocenters. The average Bonchev–Trinajstić information content (AvgIpc) is 2.15. The number of hydrogen-bond acceptors (Lipinski definition) is 1. The van der Waals surface area contributed by atoms with Crippen molar-refractivity contribution in [2.24, 2.45) is 5.73 Å². The smallest absolute Gasteiger partial charge is 0.0154 e. The molecule has 0 atom stereocenters. The van der Waals surface area contributed by atoms with Crippen molar-refractivity contribution in [2.75, 3.05) is 0 Å². The van der Waals surface area contributed by atoms with Gasteiger partial charge in [0.2, 0.25) is 0 Å². The summed E-state index contributed by atoms with van der Waals surface area (Å²) in [6.45, 7) is 2.24. The maximum Gasteiger partial charge on any atom is 0.0154 e. The van der Waals surface area contributed by atoms with Gasteiger partial charge in [0.05, 0.1) is 0 Å². The van der Waals surface area contributed by atoms with Crippen molar-refractivity contribution < 1.29 is 0 Å². The third-order valence-corrected chi connectivity index (χ3v) is 2.85. The van der Waals surface area contributed by atoms with Crippen LogP contribution in [0.2, 0.25) is 0 Å². The SMILES string of the molecule is CCCC1(N)CCCCCC1. The minimum Gasteiger partial charge on any atom is -0.325 e. The van der Waals surface area contributed by atoms with E-state index in [2.05, 4.69) is 6.92 Å². The van der Waals surface area contributed by atoms with E-state index < -0.39 is 0 Å². The van der Waals surface area contributed by atoms with Gasteiger partial charge in [-0.25, -0.2) is 0 Å². The van der Waals surface area contributed by atoms with Crippen LogP contribution < -0.4 is 5.73 Å². The van der Waals surface area contributed by atoms with Crippen LogP contribution in [0.25, 0.3) is 0 Å². The summed E-state index contributed by atoms with van der Waals surface area (Å²) in [7, 11) is 0. The van der Waals surface area contributed by atoms with Crippen LogP contribution in [0.4, 0.5) is 0 Å². The van der Waals surface area contributed by atoms with Gasteiger partial charge in [0.15, 0.2) is 0 Å². The Hall–Kier alpha value is -0.0400. The van der Waals surface area contributed by atoms with E-state index >= 15 is 0 Å². The van der Waals surface area contributed by atoms with Crippen molar-refractivity contribution in [1.29, 1.82) is 0 Å². The zero-order chi connectivity index (χ0) is 8.16. The van der Waals surface area contributed by atoms with Crippen molar-refractivity contribution in [2.45, 2.75) is 63.8 Å². The molecular weight excluding hydrogens is 134 g/mol. The van der Waals surface area contributed by atoms with Crippen molar-refractivity contribution in [3.63, 3.8) is 0 Å². The van der Waals surface area contributed by atoms with Gasteiger partial charge < -0.3 is 5.73 Å². The largest absolute Gasteiger partial charge is 0.325 e. The highest BCUT2D eigenvalue weighted by Crippen LogP contribution is 2.28. The van der Waals surface area contributed by atoms with Crippen LogP contribution in [0.5, 0.6) is 0 Å². The fourth-order valence-corrected chi connectivity index (χ4v) is 2.18. The number of rotatable bonds is 2. The van der Waals surface area contributed by atoms with Crippen LogP contribution in [0.3, 0.4) is 0 Å². The number of hydrogen-bond donors (Lipinski definition) is 1. The normalized spacial score (nSPS) is 24.5. The Morgan fingerprint density at radius 3 is 2.09 bits per heavy atom. The first-order valence-corrected chi connectivity index (χ1v) is 5.06. The standard InChI is InChI=1S/C10H21N/c1-2-7-10(11)8-5-3-4-6-9-10/h2-9,11H2,1H3. The molecule has 0 amide bonds. The highest BCUT2D eigenvalue weighted by atomic mass is 14.7. The van der Waals surface area contributed by atoms with Crippen LogP contribution in [0, 0.1) is 0 Å². The predicted octanol–water partition coefficient (Wildman–Crippen LogP) is 2.84. The minimum absolute atomic E-state index is 0.214. The summed E-state index contributed by atoms with van der Waals surface area (Å²) in [6, 6.07) is 0. The lowest BCUT2D eigenvalue weighted by atomic mass is 9.87. The van der Waals surface area contributed by atoms with Crippen LogP contribution in [0.1, 0.15) is 58.3 Å². The van der Waals surface area contributed by atoms with Gasteiger partial charge in [0.25, 0.3) is 0 Å². The first-order chi connectivity index (χ1) is 5.27. The van der Waals surface area contributed by atoms with Gasteiger partial charge in [-0.05, 0) is 19.3 Å². The molecule has 2 N–H and O–H groups in total. The van der Waals surface area contributed by atoms with E-state index in [-0.39, 0.29) is 5.54 Å². The third-order valence-electron chi connectivity index (χ3n) is 2.85. The molecule has 0 spiro atoms. The maximum absolute atomic E-state index is 6.27. The molecule has 11 heavy (non-hydrogen) atoms. The molecule has 0 aromatic rings. The Morgan fingerprint density at radius 2 is 1.64 bits per heavy atom. The topological polar surface area (TPSA) is 26.0 Å². The summed E-state index contributed by atoms with van der Waals surface area (Å²) in [5.74, 6) is 0. The fourth-order valence-electron chi connectivity index (χ4n) is 2.18. The van der Waals surface area contributed by atoms with Gasteiger partial charge in [0, 0.05) is 5.54 Å². The number of nitrogens with two attached hydrogens (primary N) is 1. The molecular formula is C10H21N. The third kappa shape index (κ3) is 2.82. The first kappa shape index (κ1) is 9.05. The Balaban J connectivity index is 2.38. The van der Waals surface area contributed by atoms with E-state index in [4.69, 9.17) is 5.73 Å². The molecule has 66 valence electrons. The summed E-state index contributed by atoms with van der Waals surface area (Å²) >= 11 is 0. The zero-order valence-corrected chi connectivity index (χ0v) is 7.73. The first-order valence-electron chi connectivity index (χ1n) is 5.06. The van der Waals surface area contributed by atoms with Crippen molar-refractivity contribution in [1.82, 2.24) is 0 Å². The van der Waals surface area contributed by atoms with Gasteiger partial charge in [-0.1, -0.05) is 39.0 Å². The molecule has 0 radical (unpaired) electrons. The monoisotopic (exact) mass is 155 g/mol. The van der Waals surface area contributed by atoms with Gasteiger partial charge in [0.1, 0.15) is 0 Å². The molecule has 1 aliphatic carbocycles. The Morgan fingerprint density at radius 1 is 1.09 bits per heavy atom. The minimum atomic E-state index is 0.214. The lowest BCUT2D eigenvalue weighted by Crippen LogP contribution is -2.38. The fraction of sp³-hybridized carbons (Fsp3) is 1.00. The highest BCUT2D eigenvalue weighted by Gasteiger charge is 2.24. The Bertz CT molecular complexity index is 101. The lowest BCUT2D eigenvalue weighted by molar-refractivity contribution is 0.342. The zero-order valence-electron chi connectivity index (χ0n) is 7.73.